The average Bonchev–Trinajstić information content (AvgIpc) is 3.28. The number of piperidine rings is 1. The van der Waals surface area contributed by atoms with Crippen molar-refractivity contribution in [2.24, 2.45) is 13.0 Å². The van der Waals surface area contributed by atoms with Gasteiger partial charge in [0.05, 0.1) is 17.6 Å². The summed E-state index contributed by atoms with van der Waals surface area (Å²) in [5, 5.41) is 10.6. The zero-order chi connectivity index (χ0) is 18.1. The molecule has 4 heterocycles. The minimum Gasteiger partial charge on any atom is -0.383 e. The summed E-state index contributed by atoms with van der Waals surface area (Å²) in [4.78, 5) is 13.0. The van der Waals surface area contributed by atoms with Gasteiger partial charge in [0.15, 0.2) is 5.65 Å². The minimum absolute atomic E-state index is 0.328. The fourth-order valence-corrected chi connectivity index (χ4v) is 4.40. The number of hydrogen-bond acceptors (Lipinski definition) is 7. The Labute approximate surface area is 157 Å². The highest BCUT2D eigenvalue weighted by molar-refractivity contribution is 7.10. The smallest absolute Gasteiger partial charge is 0.226 e. The lowest BCUT2D eigenvalue weighted by Gasteiger charge is -2.36. The fourth-order valence-electron chi connectivity index (χ4n) is 3.54. The molecule has 1 atom stereocenters. The summed E-state index contributed by atoms with van der Waals surface area (Å²) in [6.07, 6.45) is 4.22. The second-order valence-electron chi connectivity index (χ2n) is 7.07. The molecule has 7 nitrogen and oxygen atoms in total. The van der Waals surface area contributed by atoms with E-state index in [4.69, 9.17) is 5.73 Å². The van der Waals surface area contributed by atoms with E-state index in [1.54, 1.807) is 10.9 Å². The molecule has 1 fully saturated rings. The number of aromatic nitrogens is 4. The quantitative estimate of drug-likeness (QED) is 0.717. The Morgan fingerprint density at radius 3 is 2.88 bits per heavy atom. The van der Waals surface area contributed by atoms with Gasteiger partial charge in [0.2, 0.25) is 5.95 Å². The first kappa shape index (κ1) is 17.2. The molecular formula is C18H25N7S. The van der Waals surface area contributed by atoms with Gasteiger partial charge in [0.1, 0.15) is 5.82 Å². The third-order valence-corrected chi connectivity index (χ3v) is 6.18. The Morgan fingerprint density at radius 1 is 1.35 bits per heavy atom. The van der Waals surface area contributed by atoms with Crippen LogP contribution in [0.4, 0.5) is 11.8 Å². The lowest BCUT2D eigenvalue weighted by Crippen LogP contribution is -2.38. The highest BCUT2D eigenvalue weighted by atomic mass is 32.1. The molecule has 0 radical (unpaired) electrons. The first-order chi connectivity index (χ1) is 12.6. The van der Waals surface area contributed by atoms with E-state index in [0.717, 1.165) is 36.6 Å². The van der Waals surface area contributed by atoms with E-state index in [1.807, 2.05) is 18.4 Å². The van der Waals surface area contributed by atoms with Crippen LogP contribution >= 0.6 is 11.3 Å². The SMILES string of the molecule is CC1CCN(C(CNc2nc(N)c3cnn(C)c3n2)c2cccs2)CC1. The zero-order valence-corrected chi connectivity index (χ0v) is 16.0. The van der Waals surface area contributed by atoms with Gasteiger partial charge in [-0.15, -0.1) is 11.3 Å². The van der Waals surface area contributed by atoms with Crippen LogP contribution in [0.3, 0.4) is 0 Å². The number of anilines is 2. The number of fused-ring (bicyclic) bond motifs is 1. The van der Waals surface area contributed by atoms with Gasteiger partial charge in [0, 0.05) is 18.5 Å². The molecule has 0 amide bonds. The van der Waals surface area contributed by atoms with Crippen LogP contribution in [0.2, 0.25) is 0 Å². The second kappa shape index (κ2) is 7.20. The minimum atomic E-state index is 0.328. The summed E-state index contributed by atoms with van der Waals surface area (Å²) in [5.41, 5.74) is 6.83. The fraction of sp³-hybridized carbons (Fsp3) is 0.500. The Balaban J connectivity index is 1.54. The second-order valence-corrected chi connectivity index (χ2v) is 8.05. The summed E-state index contributed by atoms with van der Waals surface area (Å²) in [6.45, 7) is 5.37. The van der Waals surface area contributed by atoms with Crippen molar-refractivity contribution >= 4 is 34.1 Å². The van der Waals surface area contributed by atoms with Crippen LogP contribution in [0.1, 0.15) is 30.7 Å². The molecule has 1 aliphatic rings. The molecule has 0 bridgehead atoms. The van der Waals surface area contributed by atoms with Gasteiger partial charge in [-0.1, -0.05) is 13.0 Å². The van der Waals surface area contributed by atoms with Gasteiger partial charge < -0.3 is 11.1 Å². The normalized spacial score (nSPS) is 17.6. The molecule has 1 unspecified atom stereocenters. The van der Waals surface area contributed by atoms with Crippen LogP contribution < -0.4 is 11.1 Å². The highest BCUT2D eigenvalue weighted by Gasteiger charge is 2.25. The van der Waals surface area contributed by atoms with Crippen molar-refractivity contribution in [3.05, 3.63) is 28.6 Å². The van der Waals surface area contributed by atoms with E-state index in [9.17, 15) is 0 Å². The van der Waals surface area contributed by atoms with Crippen molar-refractivity contribution in [1.82, 2.24) is 24.6 Å². The standard InChI is InChI=1S/C18H25N7S/c1-12-5-7-25(8-6-12)14(15-4-3-9-26-15)11-20-18-22-16(19)13-10-21-24(2)17(13)23-18/h3-4,9-10,12,14H,5-8,11H2,1-2H3,(H3,19,20,22,23). The molecule has 0 aliphatic carbocycles. The predicted octanol–water partition coefficient (Wildman–Crippen LogP) is 2.89. The van der Waals surface area contributed by atoms with Crippen LogP contribution in [0, 0.1) is 5.92 Å². The van der Waals surface area contributed by atoms with Crippen molar-refractivity contribution in [3.63, 3.8) is 0 Å². The van der Waals surface area contributed by atoms with Gasteiger partial charge in [-0.2, -0.15) is 15.1 Å². The molecule has 3 aromatic rings. The van der Waals surface area contributed by atoms with Crippen molar-refractivity contribution in [3.8, 4) is 0 Å². The lowest BCUT2D eigenvalue weighted by atomic mass is 9.97. The average molecular weight is 372 g/mol. The number of rotatable bonds is 5. The molecule has 26 heavy (non-hydrogen) atoms. The van der Waals surface area contributed by atoms with Crippen LogP contribution in [0.5, 0.6) is 0 Å². The third-order valence-electron chi connectivity index (χ3n) is 5.21. The van der Waals surface area contributed by atoms with E-state index in [0.29, 0.717) is 17.8 Å². The van der Waals surface area contributed by atoms with Crippen molar-refractivity contribution in [2.45, 2.75) is 25.8 Å². The predicted molar refractivity (Wildman–Crippen MR) is 106 cm³/mol. The van der Waals surface area contributed by atoms with Gasteiger partial charge in [-0.05, 0) is 43.3 Å². The van der Waals surface area contributed by atoms with E-state index in [1.165, 1.54) is 17.7 Å². The van der Waals surface area contributed by atoms with Gasteiger partial charge in [-0.3, -0.25) is 9.58 Å². The first-order valence-corrected chi connectivity index (χ1v) is 9.96. The van der Waals surface area contributed by atoms with E-state index in [-0.39, 0.29) is 0 Å². The maximum absolute atomic E-state index is 6.08. The maximum Gasteiger partial charge on any atom is 0.226 e. The lowest BCUT2D eigenvalue weighted by molar-refractivity contribution is 0.145. The van der Waals surface area contributed by atoms with E-state index < -0.39 is 0 Å². The Morgan fingerprint density at radius 2 is 2.15 bits per heavy atom. The number of nitrogens with two attached hydrogens (primary N) is 1. The van der Waals surface area contributed by atoms with Gasteiger partial charge in [-0.25, -0.2) is 0 Å². The molecule has 0 spiro atoms. The molecule has 1 saturated heterocycles. The van der Waals surface area contributed by atoms with E-state index >= 15 is 0 Å². The molecule has 8 heteroatoms. The Kier molecular flexibility index (Phi) is 4.78. The largest absolute Gasteiger partial charge is 0.383 e. The molecular weight excluding hydrogens is 346 g/mol. The van der Waals surface area contributed by atoms with Crippen molar-refractivity contribution in [2.75, 3.05) is 30.7 Å². The molecule has 3 aromatic heterocycles. The number of nitrogens with one attached hydrogen (secondary N) is 1. The molecule has 1 aliphatic heterocycles. The number of thiophene rings is 1. The zero-order valence-electron chi connectivity index (χ0n) is 15.2. The van der Waals surface area contributed by atoms with Crippen molar-refractivity contribution in [1.29, 1.82) is 0 Å². The number of nitrogen functional groups attached to an aromatic ring is 1. The highest BCUT2D eigenvalue weighted by Crippen LogP contribution is 2.30. The molecule has 4 rings (SSSR count). The molecule has 0 aromatic carbocycles. The number of aryl methyl sites for hydroxylation is 1. The number of likely N-dealkylation sites (tertiary alicyclic amines) is 1. The number of hydrogen-bond donors (Lipinski definition) is 2. The summed E-state index contributed by atoms with van der Waals surface area (Å²) in [6, 6.07) is 4.67. The topological polar surface area (TPSA) is 84.9 Å². The molecule has 0 saturated carbocycles. The van der Waals surface area contributed by atoms with E-state index in [2.05, 4.69) is 49.7 Å². The molecule has 3 N–H and O–H groups in total. The molecule has 138 valence electrons. The summed E-state index contributed by atoms with van der Waals surface area (Å²) >= 11 is 1.81. The van der Waals surface area contributed by atoms with Gasteiger partial charge >= 0.3 is 0 Å². The first-order valence-electron chi connectivity index (χ1n) is 9.08. The van der Waals surface area contributed by atoms with Crippen LogP contribution in [0.25, 0.3) is 11.0 Å². The number of nitrogens with zero attached hydrogens (tertiary/aromatic N) is 5. The third kappa shape index (κ3) is 3.39. The van der Waals surface area contributed by atoms with Crippen LogP contribution in [-0.4, -0.2) is 44.3 Å². The summed E-state index contributed by atoms with van der Waals surface area (Å²) in [7, 11) is 1.86. The van der Waals surface area contributed by atoms with Crippen LogP contribution in [-0.2, 0) is 7.05 Å². The van der Waals surface area contributed by atoms with Crippen LogP contribution in [0.15, 0.2) is 23.7 Å². The van der Waals surface area contributed by atoms with Crippen molar-refractivity contribution < 1.29 is 0 Å². The Bertz CT molecular complexity index is 865. The summed E-state index contributed by atoms with van der Waals surface area (Å²) < 4.78 is 1.72. The Hall–Kier alpha value is -2.19. The summed E-state index contributed by atoms with van der Waals surface area (Å²) in [5.74, 6) is 1.84. The maximum atomic E-state index is 6.08. The monoisotopic (exact) mass is 371 g/mol. The van der Waals surface area contributed by atoms with Gasteiger partial charge in [0.25, 0.3) is 0 Å².